The highest BCUT2D eigenvalue weighted by molar-refractivity contribution is 7.99. The molecular formula is C26H35N3O2S. The van der Waals surface area contributed by atoms with Crippen molar-refractivity contribution < 1.29 is 9.59 Å². The van der Waals surface area contributed by atoms with Crippen molar-refractivity contribution >= 4 is 29.3 Å². The fourth-order valence-electron chi connectivity index (χ4n) is 4.18. The fourth-order valence-corrected chi connectivity index (χ4v) is 5.07. The van der Waals surface area contributed by atoms with Crippen molar-refractivity contribution in [2.45, 2.75) is 68.7 Å². The molecule has 0 aromatic heterocycles. The Morgan fingerprint density at radius 3 is 2.62 bits per heavy atom. The van der Waals surface area contributed by atoms with E-state index in [0.29, 0.717) is 23.8 Å². The first kappa shape index (κ1) is 24.3. The molecule has 3 rings (SSSR count). The highest BCUT2D eigenvalue weighted by Crippen LogP contribution is 2.34. The Kier molecular flexibility index (Phi) is 9.18. The summed E-state index contributed by atoms with van der Waals surface area (Å²) in [6.45, 7) is 8.66. The molecule has 1 atom stereocenters. The summed E-state index contributed by atoms with van der Waals surface area (Å²) >= 11 is 1.57. The standard InChI is InChI=1S/C26H35N3O2S/c1-4-22-8-5-6-16-29(22)17-7-15-27-26(31)21-11-14-25(24(18-21)28-20(3)30)32-23-12-9-19(2)10-13-23/h9-14,18,22H,4-8,15-17H2,1-3H3,(H,27,31)(H,28,30)/t22-/m0/s1. The first-order valence-electron chi connectivity index (χ1n) is 11.6. The summed E-state index contributed by atoms with van der Waals surface area (Å²) < 4.78 is 0. The number of hydrogen-bond donors (Lipinski definition) is 2. The van der Waals surface area contributed by atoms with Gasteiger partial charge in [0, 0.05) is 41.4 Å². The molecule has 2 aromatic carbocycles. The summed E-state index contributed by atoms with van der Waals surface area (Å²) in [6, 6.07) is 14.4. The van der Waals surface area contributed by atoms with Crippen molar-refractivity contribution in [3.63, 3.8) is 0 Å². The molecule has 0 saturated carbocycles. The van der Waals surface area contributed by atoms with Gasteiger partial charge in [-0.2, -0.15) is 0 Å². The molecule has 1 aliphatic rings. The summed E-state index contributed by atoms with van der Waals surface area (Å²) in [6.07, 6.45) is 6.05. The molecule has 1 aliphatic heterocycles. The lowest BCUT2D eigenvalue weighted by molar-refractivity contribution is -0.114. The number of aryl methyl sites for hydroxylation is 1. The summed E-state index contributed by atoms with van der Waals surface area (Å²) in [7, 11) is 0. The Morgan fingerprint density at radius 2 is 1.91 bits per heavy atom. The first-order chi connectivity index (χ1) is 15.5. The van der Waals surface area contributed by atoms with Crippen molar-refractivity contribution in [3.8, 4) is 0 Å². The third-order valence-corrected chi connectivity index (χ3v) is 7.01. The lowest BCUT2D eigenvalue weighted by Gasteiger charge is -2.35. The molecule has 0 aliphatic carbocycles. The van der Waals surface area contributed by atoms with Gasteiger partial charge in [-0.3, -0.25) is 9.59 Å². The van der Waals surface area contributed by atoms with E-state index in [1.54, 1.807) is 17.8 Å². The molecule has 2 amide bonds. The van der Waals surface area contributed by atoms with Crippen LogP contribution in [-0.2, 0) is 4.79 Å². The number of nitrogens with zero attached hydrogens (tertiary/aromatic N) is 1. The van der Waals surface area contributed by atoms with Crippen LogP contribution in [0.2, 0.25) is 0 Å². The number of amides is 2. The molecule has 32 heavy (non-hydrogen) atoms. The van der Waals surface area contributed by atoms with Gasteiger partial charge in [-0.1, -0.05) is 42.8 Å². The SMILES string of the molecule is CC[C@H]1CCCCN1CCCNC(=O)c1ccc(Sc2ccc(C)cc2)c(NC(C)=O)c1. The zero-order valence-corrected chi connectivity index (χ0v) is 20.3. The number of hydrogen-bond acceptors (Lipinski definition) is 4. The maximum absolute atomic E-state index is 12.7. The molecule has 0 spiro atoms. The third-order valence-electron chi connectivity index (χ3n) is 5.93. The quantitative estimate of drug-likeness (QED) is 0.493. The molecule has 6 heteroatoms. The van der Waals surface area contributed by atoms with E-state index < -0.39 is 0 Å². The largest absolute Gasteiger partial charge is 0.352 e. The molecule has 0 bridgehead atoms. The van der Waals surface area contributed by atoms with Crippen molar-refractivity contribution in [2.75, 3.05) is 25.0 Å². The van der Waals surface area contributed by atoms with Crippen molar-refractivity contribution in [1.29, 1.82) is 0 Å². The van der Waals surface area contributed by atoms with Crippen LogP contribution in [0.4, 0.5) is 5.69 Å². The molecule has 0 unspecified atom stereocenters. The van der Waals surface area contributed by atoms with Crippen LogP contribution in [0.5, 0.6) is 0 Å². The summed E-state index contributed by atoms with van der Waals surface area (Å²) in [5.74, 6) is -0.255. The minimum absolute atomic E-state index is 0.103. The number of likely N-dealkylation sites (tertiary alicyclic amines) is 1. The van der Waals surface area contributed by atoms with Crippen molar-refractivity contribution in [2.24, 2.45) is 0 Å². The Hall–Kier alpha value is -2.31. The van der Waals surface area contributed by atoms with E-state index in [1.807, 2.05) is 12.1 Å². The van der Waals surface area contributed by atoms with Gasteiger partial charge in [-0.25, -0.2) is 0 Å². The molecule has 1 saturated heterocycles. The van der Waals surface area contributed by atoms with Crippen LogP contribution in [0.1, 0.15) is 61.9 Å². The normalized spacial score (nSPS) is 16.5. The number of nitrogens with one attached hydrogen (secondary N) is 2. The molecule has 5 nitrogen and oxygen atoms in total. The van der Waals surface area contributed by atoms with Crippen LogP contribution in [-0.4, -0.2) is 42.4 Å². The van der Waals surface area contributed by atoms with Crippen LogP contribution in [0.3, 0.4) is 0 Å². The Labute approximate surface area is 196 Å². The number of carbonyl (C=O) groups excluding carboxylic acids is 2. The van der Waals surface area contributed by atoms with Crippen LogP contribution in [0, 0.1) is 6.92 Å². The van der Waals surface area contributed by atoms with E-state index in [2.05, 4.69) is 53.6 Å². The second kappa shape index (κ2) is 12.1. The van der Waals surface area contributed by atoms with Crippen LogP contribution >= 0.6 is 11.8 Å². The predicted octanol–water partition coefficient (Wildman–Crippen LogP) is 5.49. The minimum atomic E-state index is -0.152. The van der Waals surface area contributed by atoms with Crippen molar-refractivity contribution in [1.82, 2.24) is 10.2 Å². The summed E-state index contributed by atoms with van der Waals surface area (Å²) in [5, 5.41) is 5.92. The van der Waals surface area contributed by atoms with E-state index in [9.17, 15) is 9.59 Å². The van der Waals surface area contributed by atoms with Crippen LogP contribution in [0.25, 0.3) is 0 Å². The topological polar surface area (TPSA) is 61.4 Å². The van der Waals surface area contributed by atoms with Gasteiger partial charge in [0.15, 0.2) is 0 Å². The van der Waals surface area contributed by atoms with Gasteiger partial charge in [0.25, 0.3) is 5.91 Å². The number of piperidine rings is 1. The predicted molar refractivity (Wildman–Crippen MR) is 133 cm³/mol. The molecule has 2 N–H and O–H groups in total. The van der Waals surface area contributed by atoms with E-state index in [1.165, 1.54) is 44.7 Å². The highest BCUT2D eigenvalue weighted by Gasteiger charge is 2.20. The first-order valence-corrected chi connectivity index (χ1v) is 12.5. The fraction of sp³-hybridized carbons (Fsp3) is 0.462. The molecule has 1 fully saturated rings. The molecule has 2 aromatic rings. The zero-order valence-electron chi connectivity index (χ0n) is 19.4. The lowest BCUT2D eigenvalue weighted by Crippen LogP contribution is -2.40. The van der Waals surface area contributed by atoms with E-state index >= 15 is 0 Å². The monoisotopic (exact) mass is 453 g/mol. The maximum Gasteiger partial charge on any atom is 0.251 e. The molecule has 1 heterocycles. The van der Waals surface area contributed by atoms with E-state index in [0.717, 1.165) is 22.8 Å². The smallest absolute Gasteiger partial charge is 0.251 e. The van der Waals surface area contributed by atoms with Gasteiger partial charge in [-0.05, 0) is 69.5 Å². The Balaban J connectivity index is 1.59. The average molecular weight is 454 g/mol. The summed E-state index contributed by atoms with van der Waals surface area (Å²) in [4.78, 5) is 29.0. The van der Waals surface area contributed by atoms with E-state index in [4.69, 9.17) is 0 Å². The van der Waals surface area contributed by atoms with Gasteiger partial charge in [0.05, 0.1) is 5.69 Å². The third kappa shape index (κ3) is 7.10. The average Bonchev–Trinajstić information content (AvgIpc) is 2.79. The molecule has 172 valence electrons. The van der Waals surface area contributed by atoms with Gasteiger partial charge in [0.2, 0.25) is 5.91 Å². The highest BCUT2D eigenvalue weighted by atomic mass is 32.2. The van der Waals surface area contributed by atoms with Crippen LogP contribution in [0.15, 0.2) is 52.3 Å². The lowest BCUT2D eigenvalue weighted by atomic mass is 10.00. The minimum Gasteiger partial charge on any atom is -0.352 e. The Morgan fingerprint density at radius 1 is 1.12 bits per heavy atom. The second-order valence-electron chi connectivity index (χ2n) is 8.51. The van der Waals surface area contributed by atoms with E-state index in [-0.39, 0.29) is 11.8 Å². The molecular weight excluding hydrogens is 418 g/mol. The number of benzene rings is 2. The number of anilines is 1. The summed E-state index contributed by atoms with van der Waals surface area (Å²) in [5.41, 5.74) is 2.43. The zero-order chi connectivity index (χ0) is 22.9. The number of rotatable bonds is 9. The van der Waals surface area contributed by atoms with Crippen LogP contribution < -0.4 is 10.6 Å². The van der Waals surface area contributed by atoms with Gasteiger partial charge in [0.1, 0.15) is 0 Å². The maximum atomic E-state index is 12.7. The number of carbonyl (C=O) groups is 2. The second-order valence-corrected chi connectivity index (χ2v) is 9.63. The Bertz CT molecular complexity index is 914. The van der Waals surface area contributed by atoms with Gasteiger partial charge < -0.3 is 15.5 Å². The van der Waals surface area contributed by atoms with Crippen molar-refractivity contribution in [3.05, 3.63) is 53.6 Å². The molecule has 0 radical (unpaired) electrons. The van der Waals surface area contributed by atoms with Gasteiger partial charge in [-0.15, -0.1) is 0 Å². The van der Waals surface area contributed by atoms with Gasteiger partial charge >= 0.3 is 0 Å².